The predicted octanol–water partition coefficient (Wildman–Crippen LogP) is 2.83. The van der Waals surface area contributed by atoms with E-state index in [4.69, 9.17) is 21.1 Å². The summed E-state index contributed by atoms with van der Waals surface area (Å²) in [6.07, 6.45) is 4.27. The fourth-order valence-electron chi connectivity index (χ4n) is 2.54. The van der Waals surface area contributed by atoms with Gasteiger partial charge in [0.05, 0.1) is 5.02 Å². The van der Waals surface area contributed by atoms with Crippen LogP contribution in [0.25, 0.3) is 0 Å². The molecule has 1 heterocycles. The zero-order valence-corrected chi connectivity index (χ0v) is 10.5. The van der Waals surface area contributed by atoms with E-state index in [0.29, 0.717) is 29.7 Å². The lowest BCUT2D eigenvalue weighted by atomic mass is 9.72. The number of carbonyl (C=O) groups excluding carboxylic acids is 1. The van der Waals surface area contributed by atoms with Gasteiger partial charge in [0.2, 0.25) is 6.08 Å². The summed E-state index contributed by atoms with van der Waals surface area (Å²) in [7, 11) is 0. The van der Waals surface area contributed by atoms with Crippen molar-refractivity contribution < 1.29 is 14.3 Å². The molecule has 0 N–H and O–H groups in total. The first kappa shape index (κ1) is 11.6. The molecule has 1 fully saturated rings. The molecule has 0 unspecified atom stereocenters. The highest BCUT2D eigenvalue weighted by molar-refractivity contribution is 6.31. The first-order chi connectivity index (χ1) is 8.77. The monoisotopic (exact) mass is 265 g/mol. The molecule has 0 radical (unpaired) electrons. The van der Waals surface area contributed by atoms with E-state index in [-0.39, 0.29) is 0 Å². The Morgan fingerprint density at radius 1 is 1.28 bits per heavy atom. The van der Waals surface area contributed by atoms with Gasteiger partial charge in [0.1, 0.15) is 18.8 Å². The van der Waals surface area contributed by atoms with E-state index in [0.717, 1.165) is 24.8 Å². The first-order valence-corrected chi connectivity index (χ1v) is 6.32. The number of isocyanates is 1. The molecule has 0 spiro atoms. The van der Waals surface area contributed by atoms with E-state index in [2.05, 4.69) is 4.99 Å². The molecule has 4 nitrogen and oxygen atoms in total. The van der Waals surface area contributed by atoms with E-state index in [1.165, 1.54) is 0 Å². The zero-order valence-electron chi connectivity index (χ0n) is 9.74. The summed E-state index contributed by atoms with van der Waals surface area (Å²) in [5, 5.41) is 0.568. The van der Waals surface area contributed by atoms with Crippen molar-refractivity contribution in [3.8, 4) is 11.5 Å². The molecule has 2 aliphatic rings. The minimum Gasteiger partial charge on any atom is -0.486 e. The molecule has 18 heavy (non-hydrogen) atoms. The number of halogens is 1. The van der Waals surface area contributed by atoms with Gasteiger partial charge < -0.3 is 9.47 Å². The van der Waals surface area contributed by atoms with Gasteiger partial charge in [-0.15, -0.1) is 0 Å². The topological polar surface area (TPSA) is 47.9 Å². The Bertz CT molecular complexity index is 533. The highest BCUT2D eigenvalue weighted by Gasteiger charge is 2.44. The number of rotatable bonds is 2. The quantitative estimate of drug-likeness (QED) is 0.610. The molecule has 5 heteroatoms. The lowest BCUT2D eigenvalue weighted by Crippen LogP contribution is -2.33. The Morgan fingerprint density at radius 2 is 2.06 bits per heavy atom. The van der Waals surface area contributed by atoms with Crippen LogP contribution in [-0.2, 0) is 10.3 Å². The van der Waals surface area contributed by atoms with Gasteiger partial charge in [0.25, 0.3) is 0 Å². The van der Waals surface area contributed by atoms with E-state index in [1.807, 2.05) is 0 Å². The molecule has 0 amide bonds. The smallest absolute Gasteiger partial charge is 0.235 e. The second-order valence-electron chi connectivity index (χ2n) is 4.53. The Kier molecular flexibility index (Phi) is 2.77. The molecule has 3 rings (SSSR count). The fraction of sp³-hybridized carbons (Fsp3) is 0.462. The van der Waals surface area contributed by atoms with Gasteiger partial charge in [0, 0.05) is 5.56 Å². The Labute approximate surface area is 110 Å². The van der Waals surface area contributed by atoms with Gasteiger partial charge in [0.15, 0.2) is 11.5 Å². The summed E-state index contributed by atoms with van der Waals surface area (Å²) in [5.41, 5.74) is 0.209. The summed E-state index contributed by atoms with van der Waals surface area (Å²) < 4.78 is 11.2. The Balaban J connectivity index is 2.18. The van der Waals surface area contributed by atoms with Crippen LogP contribution in [0.15, 0.2) is 17.1 Å². The van der Waals surface area contributed by atoms with Crippen LogP contribution in [0.5, 0.6) is 11.5 Å². The SMILES string of the molecule is O=C=NC1(c2c(Cl)ccc3c2OCCO3)CCC1. The molecule has 1 aliphatic carbocycles. The number of nitrogens with zero attached hydrogens (tertiary/aromatic N) is 1. The van der Waals surface area contributed by atoms with Gasteiger partial charge in [-0.3, -0.25) is 0 Å². The van der Waals surface area contributed by atoms with Gasteiger partial charge in [-0.1, -0.05) is 11.6 Å². The number of aliphatic imine (C=N–C) groups is 1. The van der Waals surface area contributed by atoms with Crippen LogP contribution in [0.1, 0.15) is 24.8 Å². The average Bonchev–Trinajstić information content (AvgIpc) is 2.35. The summed E-state index contributed by atoms with van der Waals surface area (Å²) in [5.74, 6) is 1.31. The molecule has 94 valence electrons. The van der Waals surface area contributed by atoms with Crippen molar-refractivity contribution in [2.75, 3.05) is 13.2 Å². The number of hydrogen-bond donors (Lipinski definition) is 0. The molecule has 0 saturated heterocycles. The zero-order chi connectivity index (χ0) is 12.6. The third-order valence-electron chi connectivity index (χ3n) is 3.56. The maximum Gasteiger partial charge on any atom is 0.235 e. The molecular formula is C13H12ClNO3. The summed E-state index contributed by atoms with van der Waals surface area (Å²) in [6, 6.07) is 3.56. The molecule has 0 bridgehead atoms. The molecular weight excluding hydrogens is 254 g/mol. The van der Waals surface area contributed by atoms with Crippen molar-refractivity contribution in [1.82, 2.24) is 0 Å². The van der Waals surface area contributed by atoms with E-state index in [1.54, 1.807) is 18.2 Å². The minimum atomic E-state index is -0.565. The van der Waals surface area contributed by atoms with Crippen LogP contribution in [-0.4, -0.2) is 19.3 Å². The van der Waals surface area contributed by atoms with Gasteiger partial charge >= 0.3 is 0 Å². The van der Waals surface area contributed by atoms with Crippen LogP contribution in [0, 0.1) is 0 Å². The van der Waals surface area contributed by atoms with Crippen LogP contribution >= 0.6 is 11.6 Å². The fourth-order valence-corrected chi connectivity index (χ4v) is 2.87. The molecule has 1 aromatic carbocycles. The van der Waals surface area contributed by atoms with Crippen LogP contribution in [0.2, 0.25) is 5.02 Å². The van der Waals surface area contributed by atoms with Crippen molar-refractivity contribution in [3.05, 3.63) is 22.7 Å². The van der Waals surface area contributed by atoms with E-state index < -0.39 is 5.54 Å². The second kappa shape index (κ2) is 4.30. The Hall–Kier alpha value is -1.51. The van der Waals surface area contributed by atoms with E-state index >= 15 is 0 Å². The minimum absolute atomic E-state index is 0.487. The highest BCUT2D eigenvalue weighted by atomic mass is 35.5. The number of hydrogen-bond acceptors (Lipinski definition) is 4. The van der Waals surface area contributed by atoms with E-state index in [9.17, 15) is 4.79 Å². The molecule has 1 saturated carbocycles. The third kappa shape index (κ3) is 1.61. The molecule has 0 atom stereocenters. The standard InChI is InChI=1S/C13H12ClNO3/c14-9-2-3-10-12(18-7-6-17-10)11(9)13(15-8-16)4-1-5-13/h2-3H,1,4-7H2. The van der Waals surface area contributed by atoms with Crippen LogP contribution < -0.4 is 9.47 Å². The molecule has 0 aromatic heterocycles. The Morgan fingerprint density at radius 3 is 2.72 bits per heavy atom. The lowest BCUT2D eigenvalue weighted by molar-refractivity contribution is 0.160. The van der Waals surface area contributed by atoms with Crippen molar-refractivity contribution in [1.29, 1.82) is 0 Å². The van der Waals surface area contributed by atoms with Crippen molar-refractivity contribution >= 4 is 17.7 Å². The summed E-state index contributed by atoms with van der Waals surface area (Å²) in [6.45, 7) is 1.01. The lowest BCUT2D eigenvalue weighted by Gasteiger charge is -2.39. The van der Waals surface area contributed by atoms with Gasteiger partial charge in [-0.2, -0.15) is 4.99 Å². The van der Waals surface area contributed by atoms with Crippen molar-refractivity contribution in [2.45, 2.75) is 24.8 Å². The first-order valence-electron chi connectivity index (χ1n) is 5.94. The van der Waals surface area contributed by atoms with Crippen LogP contribution in [0.4, 0.5) is 0 Å². The van der Waals surface area contributed by atoms with Crippen molar-refractivity contribution in [3.63, 3.8) is 0 Å². The molecule has 1 aromatic rings. The average molecular weight is 266 g/mol. The number of fused-ring (bicyclic) bond motifs is 1. The highest BCUT2D eigenvalue weighted by Crippen LogP contribution is 2.53. The predicted molar refractivity (Wildman–Crippen MR) is 66.1 cm³/mol. The van der Waals surface area contributed by atoms with Crippen LogP contribution in [0.3, 0.4) is 0 Å². The second-order valence-corrected chi connectivity index (χ2v) is 4.94. The van der Waals surface area contributed by atoms with Gasteiger partial charge in [-0.25, -0.2) is 4.79 Å². The van der Waals surface area contributed by atoms with Gasteiger partial charge in [-0.05, 0) is 31.4 Å². The number of ether oxygens (including phenoxy) is 2. The summed E-state index contributed by atoms with van der Waals surface area (Å²) >= 11 is 6.27. The maximum absolute atomic E-state index is 10.7. The summed E-state index contributed by atoms with van der Waals surface area (Å²) in [4.78, 5) is 14.6. The largest absolute Gasteiger partial charge is 0.486 e. The third-order valence-corrected chi connectivity index (χ3v) is 3.88. The molecule has 1 aliphatic heterocycles. The number of benzene rings is 1. The van der Waals surface area contributed by atoms with Crippen molar-refractivity contribution in [2.24, 2.45) is 4.99 Å². The normalized spacial score (nSPS) is 19.6. The maximum atomic E-state index is 10.7.